The van der Waals surface area contributed by atoms with Gasteiger partial charge in [0.15, 0.2) is 0 Å². The third-order valence-electron chi connectivity index (χ3n) is 5.10. The fraction of sp³-hybridized carbons (Fsp3) is 0.263. The number of aryl methyl sites for hydroxylation is 1. The smallest absolute Gasteiger partial charge is 0.200 e. The van der Waals surface area contributed by atoms with Gasteiger partial charge in [0.05, 0.1) is 24.2 Å². The molecule has 0 atom stereocenters. The molecule has 0 bridgehead atoms. The van der Waals surface area contributed by atoms with Crippen LogP contribution in [0.25, 0.3) is 16.9 Å². The number of benzene rings is 1. The van der Waals surface area contributed by atoms with Crippen molar-refractivity contribution in [1.29, 1.82) is 0 Å². The number of fused-ring (bicyclic) bond motifs is 2. The highest BCUT2D eigenvalue weighted by molar-refractivity contribution is 5.74. The van der Waals surface area contributed by atoms with Crippen LogP contribution in [0.1, 0.15) is 17.0 Å². The number of H-pyrrole nitrogens is 1. The topological polar surface area (TPSA) is 84.2 Å². The van der Waals surface area contributed by atoms with Crippen LogP contribution in [0.3, 0.4) is 0 Å². The highest BCUT2D eigenvalue weighted by Gasteiger charge is 2.24. The Morgan fingerprint density at radius 3 is 2.85 bits per heavy atom. The summed E-state index contributed by atoms with van der Waals surface area (Å²) in [5.41, 5.74) is 7.22. The molecule has 4 heterocycles. The molecular weight excluding hydrogens is 342 g/mol. The summed E-state index contributed by atoms with van der Waals surface area (Å²) in [5, 5.41) is 20.5. The summed E-state index contributed by atoms with van der Waals surface area (Å²) in [4.78, 5) is 2.32. The molecule has 3 aromatic heterocycles. The maximum atomic E-state index is 5.26. The Hall–Kier alpha value is -3.42. The number of aromatic nitrogens is 6. The summed E-state index contributed by atoms with van der Waals surface area (Å²) in [6.45, 7) is 3.75. The lowest BCUT2D eigenvalue weighted by Crippen LogP contribution is -2.31. The Morgan fingerprint density at radius 2 is 2.04 bits per heavy atom. The quantitative estimate of drug-likeness (QED) is 0.603. The van der Waals surface area contributed by atoms with Crippen LogP contribution in [0.5, 0.6) is 5.75 Å². The molecule has 4 aromatic rings. The molecule has 1 aliphatic rings. The van der Waals surface area contributed by atoms with Crippen molar-refractivity contribution in [2.24, 2.45) is 0 Å². The fourth-order valence-corrected chi connectivity index (χ4v) is 3.58. The third kappa shape index (κ3) is 2.61. The third-order valence-corrected chi connectivity index (χ3v) is 5.10. The summed E-state index contributed by atoms with van der Waals surface area (Å²) >= 11 is 0. The van der Waals surface area contributed by atoms with E-state index in [9.17, 15) is 0 Å². The zero-order chi connectivity index (χ0) is 18.4. The van der Waals surface area contributed by atoms with Gasteiger partial charge in [-0.15, -0.1) is 10.2 Å². The number of nitrogens with zero attached hydrogens (tertiary/aromatic N) is 6. The van der Waals surface area contributed by atoms with Crippen LogP contribution in [0.2, 0.25) is 0 Å². The van der Waals surface area contributed by atoms with E-state index < -0.39 is 0 Å². The minimum atomic E-state index is 0.761. The minimum absolute atomic E-state index is 0.761. The van der Waals surface area contributed by atoms with Gasteiger partial charge < -0.3 is 9.64 Å². The van der Waals surface area contributed by atoms with E-state index in [0.29, 0.717) is 0 Å². The number of rotatable bonds is 3. The first kappa shape index (κ1) is 15.8. The van der Waals surface area contributed by atoms with Crippen molar-refractivity contribution in [2.45, 2.75) is 19.9 Å². The standard InChI is InChI=1S/C19H19N7O/c1-12-15-10-25(8-7-16(15)22-21-12)18-9-17(24-26-11-20-23-19(18)26)13-3-5-14(27-2)6-4-13/h3-6,9,11H,7-8,10H2,1-2H3,(H,21,22). The van der Waals surface area contributed by atoms with E-state index in [1.165, 1.54) is 5.56 Å². The number of hydrogen-bond acceptors (Lipinski definition) is 6. The van der Waals surface area contributed by atoms with Crippen LogP contribution in [0.4, 0.5) is 5.69 Å². The normalized spacial score (nSPS) is 13.8. The maximum Gasteiger partial charge on any atom is 0.200 e. The molecule has 8 nitrogen and oxygen atoms in total. The molecule has 0 aliphatic carbocycles. The highest BCUT2D eigenvalue weighted by atomic mass is 16.5. The lowest BCUT2D eigenvalue weighted by Gasteiger charge is -2.29. The van der Waals surface area contributed by atoms with E-state index in [2.05, 4.69) is 43.4 Å². The van der Waals surface area contributed by atoms with E-state index in [4.69, 9.17) is 4.74 Å². The first-order valence-electron chi connectivity index (χ1n) is 8.86. The average Bonchev–Trinajstić information content (AvgIpc) is 3.34. The first-order valence-corrected chi connectivity index (χ1v) is 8.86. The molecule has 136 valence electrons. The van der Waals surface area contributed by atoms with Crippen LogP contribution < -0.4 is 9.64 Å². The van der Waals surface area contributed by atoms with Gasteiger partial charge in [0.2, 0.25) is 5.65 Å². The molecule has 1 aromatic carbocycles. The second kappa shape index (κ2) is 6.08. The monoisotopic (exact) mass is 361 g/mol. The summed E-state index contributed by atoms with van der Waals surface area (Å²) in [6, 6.07) is 9.99. The summed E-state index contributed by atoms with van der Waals surface area (Å²) in [7, 11) is 1.66. The van der Waals surface area contributed by atoms with Gasteiger partial charge in [-0.25, -0.2) is 0 Å². The SMILES string of the molecule is COc1ccc(-c2cc(N3CCc4n[nH]c(C)c4C3)c3nncn3n2)cc1. The van der Waals surface area contributed by atoms with Crippen molar-refractivity contribution in [3.05, 3.63) is 53.6 Å². The molecule has 0 radical (unpaired) electrons. The van der Waals surface area contributed by atoms with Crippen molar-refractivity contribution in [3.63, 3.8) is 0 Å². The summed E-state index contributed by atoms with van der Waals surface area (Å²) in [5.74, 6) is 0.823. The molecule has 5 rings (SSSR count). The van der Waals surface area contributed by atoms with Crippen LogP contribution in [0.15, 0.2) is 36.7 Å². The van der Waals surface area contributed by atoms with Gasteiger partial charge in [-0.2, -0.15) is 14.7 Å². The second-order valence-electron chi connectivity index (χ2n) is 6.69. The lowest BCUT2D eigenvalue weighted by molar-refractivity contribution is 0.415. The number of aromatic amines is 1. The molecule has 0 saturated heterocycles. The number of nitrogens with one attached hydrogen (secondary N) is 1. The van der Waals surface area contributed by atoms with Crippen molar-refractivity contribution in [3.8, 4) is 17.0 Å². The molecule has 1 aliphatic heterocycles. The van der Waals surface area contributed by atoms with E-state index in [-0.39, 0.29) is 0 Å². The Kier molecular flexibility index (Phi) is 3.56. The van der Waals surface area contributed by atoms with E-state index in [1.807, 2.05) is 24.3 Å². The zero-order valence-corrected chi connectivity index (χ0v) is 15.2. The molecule has 0 fully saturated rings. The molecule has 27 heavy (non-hydrogen) atoms. The number of methoxy groups -OCH3 is 1. The van der Waals surface area contributed by atoms with Gasteiger partial charge in [-0.1, -0.05) is 0 Å². The molecular formula is C19H19N7O. The van der Waals surface area contributed by atoms with Gasteiger partial charge in [0, 0.05) is 36.3 Å². The van der Waals surface area contributed by atoms with Crippen LogP contribution in [-0.4, -0.2) is 43.7 Å². The van der Waals surface area contributed by atoms with Crippen LogP contribution in [-0.2, 0) is 13.0 Å². The molecule has 0 saturated carbocycles. The zero-order valence-electron chi connectivity index (χ0n) is 15.2. The predicted octanol–water partition coefficient (Wildman–Crippen LogP) is 2.39. The summed E-state index contributed by atoms with van der Waals surface area (Å²) < 4.78 is 7.00. The van der Waals surface area contributed by atoms with E-state index in [0.717, 1.165) is 59.2 Å². The average molecular weight is 361 g/mol. The minimum Gasteiger partial charge on any atom is -0.497 e. The van der Waals surface area contributed by atoms with Crippen LogP contribution in [0, 0.1) is 6.92 Å². The molecule has 0 spiro atoms. The summed E-state index contributed by atoms with van der Waals surface area (Å²) in [6.07, 6.45) is 2.55. The van der Waals surface area contributed by atoms with Gasteiger partial charge in [0.25, 0.3) is 0 Å². The van der Waals surface area contributed by atoms with Gasteiger partial charge in [-0.3, -0.25) is 5.10 Å². The maximum absolute atomic E-state index is 5.26. The fourth-order valence-electron chi connectivity index (χ4n) is 3.58. The van der Waals surface area contributed by atoms with Gasteiger partial charge >= 0.3 is 0 Å². The van der Waals surface area contributed by atoms with Crippen molar-refractivity contribution < 1.29 is 4.74 Å². The second-order valence-corrected chi connectivity index (χ2v) is 6.69. The van der Waals surface area contributed by atoms with Crippen molar-refractivity contribution in [2.75, 3.05) is 18.6 Å². The van der Waals surface area contributed by atoms with E-state index >= 15 is 0 Å². The molecule has 0 unspecified atom stereocenters. The Labute approximate surface area is 155 Å². The predicted molar refractivity (Wildman–Crippen MR) is 101 cm³/mol. The van der Waals surface area contributed by atoms with Gasteiger partial charge in [-0.05, 0) is 37.3 Å². The lowest BCUT2D eigenvalue weighted by atomic mass is 10.0. The van der Waals surface area contributed by atoms with E-state index in [1.54, 1.807) is 18.0 Å². The van der Waals surface area contributed by atoms with Gasteiger partial charge in [0.1, 0.15) is 12.1 Å². The van der Waals surface area contributed by atoms with Crippen LogP contribution >= 0.6 is 0 Å². The first-order chi connectivity index (χ1) is 13.2. The number of anilines is 1. The molecule has 1 N–H and O–H groups in total. The highest BCUT2D eigenvalue weighted by Crippen LogP contribution is 2.31. The number of ether oxygens (including phenoxy) is 1. The Bertz CT molecular complexity index is 1110. The molecule has 8 heteroatoms. The van der Waals surface area contributed by atoms with Crippen molar-refractivity contribution in [1.82, 2.24) is 30.0 Å². The molecule has 0 amide bonds. The number of hydrogen-bond donors (Lipinski definition) is 1. The Morgan fingerprint density at radius 1 is 1.19 bits per heavy atom. The Balaban J connectivity index is 1.59. The largest absolute Gasteiger partial charge is 0.497 e. The van der Waals surface area contributed by atoms with Crippen molar-refractivity contribution >= 4 is 11.3 Å².